The smallest absolute Gasteiger partial charge is 0.150 e. The third kappa shape index (κ3) is 2.38. The van der Waals surface area contributed by atoms with E-state index in [0.717, 1.165) is 0 Å². The molecule has 15 heavy (non-hydrogen) atoms. The molecular weight excluding hydrogens is 218 g/mol. The summed E-state index contributed by atoms with van der Waals surface area (Å²) >= 11 is 0. The molecule has 0 aliphatic carbocycles. The summed E-state index contributed by atoms with van der Waals surface area (Å²) in [5.74, 6) is 1.20. The summed E-state index contributed by atoms with van der Waals surface area (Å²) in [7, 11) is -2.84. The minimum atomic E-state index is -2.84. The summed E-state index contributed by atoms with van der Waals surface area (Å²) < 4.78 is 27.4. The number of aliphatic hydroxyl groups excluding tert-OH is 1. The van der Waals surface area contributed by atoms with Gasteiger partial charge in [-0.1, -0.05) is 5.16 Å². The van der Waals surface area contributed by atoms with E-state index in [1.165, 1.54) is 6.20 Å². The van der Waals surface area contributed by atoms with Gasteiger partial charge in [-0.2, -0.15) is 0 Å². The van der Waals surface area contributed by atoms with Gasteiger partial charge in [0.05, 0.1) is 24.3 Å². The molecule has 0 spiro atoms. The van der Waals surface area contributed by atoms with Crippen molar-refractivity contribution < 1.29 is 18.0 Å². The number of rotatable bonds is 3. The Balaban J connectivity index is 2.04. The predicted octanol–water partition coefficient (Wildman–Crippen LogP) is 0.144. The number of hydrogen-bond donors (Lipinski definition) is 1. The minimum Gasteiger partial charge on any atom is -0.391 e. The van der Waals surface area contributed by atoms with Crippen LogP contribution in [0.3, 0.4) is 0 Å². The van der Waals surface area contributed by atoms with E-state index in [4.69, 9.17) is 9.63 Å². The summed E-state index contributed by atoms with van der Waals surface area (Å²) in [6.07, 6.45) is 2.70. The molecule has 1 saturated heterocycles. The van der Waals surface area contributed by atoms with Gasteiger partial charge in [0.15, 0.2) is 9.84 Å². The SMILES string of the molecule is O=S1(=O)CCC(Cc2oncc2CO)C1. The van der Waals surface area contributed by atoms with Crippen molar-refractivity contribution >= 4 is 9.84 Å². The molecule has 1 aliphatic heterocycles. The molecule has 2 heterocycles. The quantitative estimate of drug-likeness (QED) is 0.800. The lowest BCUT2D eigenvalue weighted by Crippen LogP contribution is -2.08. The van der Waals surface area contributed by atoms with Crippen molar-refractivity contribution in [1.82, 2.24) is 5.16 Å². The molecule has 1 unspecified atom stereocenters. The number of aliphatic hydroxyl groups is 1. The first-order valence-electron chi connectivity index (χ1n) is 4.84. The second kappa shape index (κ2) is 3.94. The third-order valence-electron chi connectivity index (χ3n) is 2.70. The van der Waals surface area contributed by atoms with Crippen molar-refractivity contribution in [1.29, 1.82) is 0 Å². The zero-order chi connectivity index (χ0) is 10.9. The Labute approximate surface area is 88.0 Å². The Kier molecular flexibility index (Phi) is 2.79. The van der Waals surface area contributed by atoms with E-state index in [9.17, 15) is 8.42 Å². The van der Waals surface area contributed by atoms with Crippen LogP contribution in [0.1, 0.15) is 17.7 Å². The Morgan fingerprint density at radius 2 is 2.40 bits per heavy atom. The van der Waals surface area contributed by atoms with Crippen LogP contribution in [0.15, 0.2) is 10.7 Å². The Bertz CT molecular complexity index is 437. The second-order valence-electron chi connectivity index (χ2n) is 3.91. The zero-order valence-electron chi connectivity index (χ0n) is 8.22. The van der Waals surface area contributed by atoms with Crippen LogP contribution in [-0.2, 0) is 22.9 Å². The van der Waals surface area contributed by atoms with E-state index >= 15 is 0 Å². The molecule has 1 atom stereocenters. The third-order valence-corrected chi connectivity index (χ3v) is 4.54. The molecule has 2 rings (SSSR count). The van der Waals surface area contributed by atoms with Gasteiger partial charge in [0.1, 0.15) is 5.76 Å². The van der Waals surface area contributed by atoms with Gasteiger partial charge >= 0.3 is 0 Å². The van der Waals surface area contributed by atoms with Gasteiger partial charge in [0.25, 0.3) is 0 Å². The van der Waals surface area contributed by atoms with E-state index in [1.54, 1.807) is 0 Å². The van der Waals surface area contributed by atoms with Crippen LogP contribution in [0.4, 0.5) is 0 Å². The highest BCUT2D eigenvalue weighted by Crippen LogP contribution is 2.23. The summed E-state index contributed by atoms with van der Waals surface area (Å²) in [4.78, 5) is 0. The molecule has 0 radical (unpaired) electrons. The Morgan fingerprint density at radius 1 is 1.60 bits per heavy atom. The van der Waals surface area contributed by atoms with Crippen molar-refractivity contribution in [3.05, 3.63) is 17.5 Å². The van der Waals surface area contributed by atoms with Crippen LogP contribution in [0.2, 0.25) is 0 Å². The Morgan fingerprint density at radius 3 is 3.00 bits per heavy atom. The minimum absolute atomic E-state index is 0.105. The summed E-state index contributed by atoms with van der Waals surface area (Å²) in [6, 6.07) is 0. The van der Waals surface area contributed by atoms with Gasteiger partial charge < -0.3 is 9.63 Å². The van der Waals surface area contributed by atoms with Crippen LogP contribution in [-0.4, -0.2) is 30.2 Å². The van der Waals surface area contributed by atoms with E-state index in [1.807, 2.05) is 0 Å². The summed E-state index contributed by atoms with van der Waals surface area (Å²) in [5.41, 5.74) is 0.652. The summed E-state index contributed by atoms with van der Waals surface area (Å²) in [5, 5.41) is 12.6. The normalized spacial score (nSPS) is 24.5. The van der Waals surface area contributed by atoms with Crippen LogP contribution >= 0.6 is 0 Å². The maximum atomic E-state index is 11.2. The zero-order valence-corrected chi connectivity index (χ0v) is 9.03. The van der Waals surface area contributed by atoms with Crippen molar-refractivity contribution in [3.63, 3.8) is 0 Å². The van der Waals surface area contributed by atoms with E-state index in [-0.39, 0.29) is 24.0 Å². The Hall–Kier alpha value is -0.880. The van der Waals surface area contributed by atoms with E-state index in [2.05, 4.69) is 5.16 Å². The number of aromatic nitrogens is 1. The first-order valence-corrected chi connectivity index (χ1v) is 6.66. The molecule has 84 valence electrons. The topological polar surface area (TPSA) is 80.4 Å². The van der Waals surface area contributed by atoms with E-state index < -0.39 is 9.84 Å². The lowest BCUT2D eigenvalue weighted by atomic mass is 10.0. The molecule has 0 aromatic carbocycles. The fraction of sp³-hybridized carbons (Fsp3) is 0.667. The standard InChI is InChI=1S/C9H13NO4S/c11-5-8-4-10-14-9(8)3-7-1-2-15(12,13)6-7/h4,7,11H,1-3,5-6H2. The number of nitrogens with zero attached hydrogens (tertiary/aromatic N) is 1. The molecule has 0 bridgehead atoms. The monoisotopic (exact) mass is 231 g/mol. The van der Waals surface area contributed by atoms with Crippen molar-refractivity contribution in [2.24, 2.45) is 5.92 Å². The van der Waals surface area contributed by atoms with Gasteiger partial charge in [-0.15, -0.1) is 0 Å². The fourth-order valence-corrected chi connectivity index (χ4v) is 3.74. The first kappa shape index (κ1) is 10.6. The molecule has 0 saturated carbocycles. The molecule has 1 fully saturated rings. The lowest BCUT2D eigenvalue weighted by Gasteiger charge is -2.04. The van der Waals surface area contributed by atoms with Gasteiger partial charge in [-0.3, -0.25) is 0 Å². The van der Waals surface area contributed by atoms with Crippen molar-refractivity contribution in [3.8, 4) is 0 Å². The highest BCUT2D eigenvalue weighted by atomic mass is 32.2. The number of hydrogen-bond acceptors (Lipinski definition) is 5. The van der Waals surface area contributed by atoms with Crippen molar-refractivity contribution in [2.75, 3.05) is 11.5 Å². The largest absolute Gasteiger partial charge is 0.391 e. The summed E-state index contributed by atoms with van der Waals surface area (Å²) in [6.45, 7) is -0.113. The average Bonchev–Trinajstić information content (AvgIpc) is 2.73. The van der Waals surface area contributed by atoms with E-state index in [0.29, 0.717) is 24.2 Å². The molecule has 1 aromatic heterocycles. The highest BCUT2D eigenvalue weighted by molar-refractivity contribution is 7.91. The molecule has 1 N–H and O–H groups in total. The van der Waals surface area contributed by atoms with Gasteiger partial charge in [-0.05, 0) is 12.3 Å². The molecule has 6 heteroatoms. The predicted molar refractivity (Wildman–Crippen MR) is 52.9 cm³/mol. The molecule has 1 aromatic rings. The fourth-order valence-electron chi connectivity index (χ4n) is 1.88. The van der Waals surface area contributed by atoms with Crippen LogP contribution in [0.25, 0.3) is 0 Å². The maximum absolute atomic E-state index is 11.2. The van der Waals surface area contributed by atoms with Gasteiger partial charge in [0.2, 0.25) is 0 Å². The molecule has 5 nitrogen and oxygen atoms in total. The molecular formula is C9H13NO4S. The van der Waals surface area contributed by atoms with Crippen molar-refractivity contribution in [2.45, 2.75) is 19.4 Å². The molecule has 0 amide bonds. The van der Waals surface area contributed by atoms with Crippen LogP contribution in [0, 0.1) is 5.92 Å². The van der Waals surface area contributed by atoms with Gasteiger partial charge in [0, 0.05) is 12.0 Å². The number of sulfone groups is 1. The van der Waals surface area contributed by atoms with Crippen LogP contribution < -0.4 is 0 Å². The average molecular weight is 231 g/mol. The second-order valence-corrected chi connectivity index (χ2v) is 6.13. The molecule has 1 aliphatic rings. The lowest BCUT2D eigenvalue weighted by molar-refractivity contribution is 0.275. The first-order chi connectivity index (χ1) is 7.11. The van der Waals surface area contributed by atoms with Crippen LogP contribution in [0.5, 0.6) is 0 Å². The van der Waals surface area contributed by atoms with Gasteiger partial charge in [-0.25, -0.2) is 8.42 Å². The highest BCUT2D eigenvalue weighted by Gasteiger charge is 2.29. The maximum Gasteiger partial charge on any atom is 0.150 e.